The van der Waals surface area contributed by atoms with Gasteiger partial charge in [0.15, 0.2) is 5.69 Å². The van der Waals surface area contributed by atoms with E-state index in [0.717, 1.165) is 29.5 Å². The quantitative estimate of drug-likeness (QED) is 0.453. The fourth-order valence-electron chi connectivity index (χ4n) is 2.51. The van der Waals surface area contributed by atoms with Gasteiger partial charge >= 0.3 is 6.18 Å². The first-order chi connectivity index (χ1) is 13.1. The molecule has 3 rings (SSSR count). The van der Waals surface area contributed by atoms with Crippen molar-refractivity contribution in [1.29, 1.82) is 0 Å². The molecule has 0 unspecified atom stereocenters. The molecule has 0 fully saturated rings. The van der Waals surface area contributed by atoms with E-state index in [1.54, 1.807) is 13.8 Å². The molecule has 3 aromatic rings. The lowest BCUT2D eigenvalue weighted by molar-refractivity contribution is -0.141. The van der Waals surface area contributed by atoms with E-state index in [4.69, 9.17) is 0 Å². The highest BCUT2D eigenvalue weighted by Crippen LogP contribution is 2.37. The zero-order valence-corrected chi connectivity index (χ0v) is 15.5. The van der Waals surface area contributed by atoms with E-state index in [-0.39, 0.29) is 22.4 Å². The van der Waals surface area contributed by atoms with Crippen LogP contribution in [0.25, 0.3) is 10.6 Å². The van der Waals surface area contributed by atoms with Crippen molar-refractivity contribution in [2.75, 3.05) is 5.06 Å². The second kappa shape index (κ2) is 7.47. The second-order valence-electron chi connectivity index (χ2n) is 6.22. The Bertz CT molecular complexity index is 962. The maximum atomic E-state index is 13.7. The van der Waals surface area contributed by atoms with Crippen molar-refractivity contribution in [3.8, 4) is 10.6 Å². The van der Waals surface area contributed by atoms with E-state index in [0.29, 0.717) is 9.94 Å². The summed E-state index contributed by atoms with van der Waals surface area (Å²) < 4.78 is 67.7. The van der Waals surface area contributed by atoms with Crippen LogP contribution in [0, 0.1) is 11.6 Å². The summed E-state index contributed by atoms with van der Waals surface area (Å²) in [6, 6.07) is 3.85. The Kier molecular flexibility index (Phi) is 5.39. The highest BCUT2D eigenvalue weighted by molar-refractivity contribution is 7.18. The van der Waals surface area contributed by atoms with Crippen LogP contribution in [-0.4, -0.2) is 20.0 Å². The summed E-state index contributed by atoms with van der Waals surface area (Å²) in [6.45, 7) is 2.85. The predicted octanol–water partition coefficient (Wildman–Crippen LogP) is 5.28. The first-order valence-corrected chi connectivity index (χ1v) is 8.92. The number of anilines is 1. The van der Waals surface area contributed by atoms with Crippen LogP contribution in [0.2, 0.25) is 0 Å². The van der Waals surface area contributed by atoms with Crippen LogP contribution in [0.1, 0.15) is 31.1 Å². The largest absolute Gasteiger partial charge is 0.435 e. The molecule has 0 saturated heterocycles. The summed E-state index contributed by atoms with van der Waals surface area (Å²) in [5.74, 6) is -1.66. The van der Waals surface area contributed by atoms with Crippen LogP contribution in [-0.2, 0) is 12.7 Å². The van der Waals surface area contributed by atoms with Crippen LogP contribution in [0.4, 0.5) is 27.1 Å². The van der Waals surface area contributed by atoms with Gasteiger partial charge in [0, 0.05) is 17.8 Å². The lowest BCUT2D eigenvalue weighted by Gasteiger charge is -2.14. The summed E-state index contributed by atoms with van der Waals surface area (Å²) in [6.07, 6.45) is -3.33. The fraction of sp³-hybridized carbons (Fsp3) is 0.294. The monoisotopic (exact) mass is 418 g/mol. The molecule has 0 saturated carbocycles. The topological polar surface area (TPSA) is 54.2 Å². The number of hydrogen-bond acceptors (Lipinski definition) is 5. The summed E-state index contributed by atoms with van der Waals surface area (Å²) in [5, 5.41) is 14.3. The lowest BCUT2D eigenvalue weighted by Crippen LogP contribution is -2.18. The van der Waals surface area contributed by atoms with Gasteiger partial charge in [-0.1, -0.05) is 17.4 Å². The molecule has 2 heterocycles. The van der Waals surface area contributed by atoms with Crippen molar-refractivity contribution in [3.05, 3.63) is 53.4 Å². The van der Waals surface area contributed by atoms with Crippen LogP contribution in [0.15, 0.2) is 30.5 Å². The van der Waals surface area contributed by atoms with E-state index < -0.39 is 30.0 Å². The molecule has 1 aromatic carbocycles. The molecule has 28 heavy (non-hydrogen) atoms. The highest BCUT2D eigenvalue weighted by atomic mass is 32.1. The molecule has 0 spiro atoms. The molecule has 0 radical (unpaired) electrons. The molecule has 0 aliphatic heterocycles. The number of hydroxylamine groups is 1. The Morgan fingerprint density at radius 1 is 1.21 bits per heavy atom. The van der Waals surface area contributed by atoms with Crippen molar-refractivity contribution >= 4 is 16.5 Å². The minimum absolute atomic E-state index is 0.0253. The molecule has 5 nitrogen and oxygen atoms in total. The molecule has 150 valence electrons. The molecule has 0 aliphatic carbocycles. The molecule has 0 amide bonds. The van der Waals surface area contributed by atoms with E-state index >= 15 is 0 Å². The SMILES string of the molecule is CC(C)n1nc(C(F)(F)F)cc1-c1cnc(N(O)Cc2c(F)cccc2F)s1. The third-order valence-electron chi connectivity index (χ3n) is 3.85. The molecule has 2 aromatic heterocycles. The zero-order valence-electron chi connectivity index (χ0n) is 14.7. The van der Waals surface area contributed by atoms with Crippen molar-refractivity contribution < 1.29 is 27.2 Å². The average molecular weight is 418 g/mol. The zero-order chi connectivity index (χ0) is 20.6. The molecule has 1 N–H and O–H groups in total. The molecular formula is C17H15F5N4OS. The van der Waals surface area contributed by atoms with Crippen LogP contribution in [0.3, 0.4) is 0 Å². The molecular weight excluding hydrogens is 403 g/mol. The smallest absolute Gasteiger partial charge is 0.286 e. The average Bonchev–Trinajstić information content (AvgIpc) is 3.24. The van der Waals surface area contributed by atoms with E-state index in [2.05, 4.69) is 10.1 Å². The Morgan fingerprint density at radius 3 is 2.43 bits per heavy atom. The van der Waals surface area contributed by atoms with Gasteiger partial charge in [-0.2, -0.15) is 18.3 Å². The summed E-state index contributed by atoms with van der Waals surface area (Å²) >= 11 is 0.872. The van der Waals surface area contributed by atoms with Gasteiger partial charge in [-0.05, 0) is 32.0 Å². The van der Waals surface area contributed by atoms with E-state index in [9.17, 15) is 27.2 Å². The number of benzene rings is 1. The molecule has 0 aliphatic rings. The normalized spacial score (nSPS) is 12.0. The third-order valence-corrected chi connectivity index (χ3v) is 4.88. The van der Waals surface area contributed by atoms with Gasteiger partial charge in [0.05, 0.1) is 17.1 Å². The van der Waals surface area contributed by atoms with Crippen LogP contribution in [0.5, 0.6) is 0 Å². The summed E-state index contributed by atoms with van der Waals surface area (Å²) in [5.41, 5.74) is -1.22. The second-order valence-corrected chi connectivity index (χ2v) is 7.22. The number of thiazole rings is 1. The molecule has 11 heteroatoms. The lowest BCUT2D eigenvalue weighted by atomic mass is 10.2. The van der Waals surface area contributed by atoms with Crippen molar-refractivity contribution in [3.63, 3.8) is 0 Å². The number of hydrogen-bond donors (Lipinski definition) is 1. The highest BCUT2D eigenvalue weighted by Gasteiger charge is 2.35. The number of nitrogens with zero attached hydrogens (tertiary/aromatic N) is 4. The van der Waals surface area contributed by atoms with E-state index in [1.165, 1.54) is 16.9 Å². The Hall–Kier alpha value is -2.53. The third kappa shape index (κ3) is 3.99. The Morgan fingerprint density at radius 2 is 1.86 bits per heavy atom. The maximum absolute atomic E-state index is 13.7. The van der Waals surface area contributed by atoms with Gasteiger partial charge < -0.3 is 0 Å². The number of halogens is 5. The van der Waals surface area contributed by atoms with E-state index in [1.807, 2.05) is 0 Å². The van der Waals surface area contributed by atoms with Crippen molar-refractivity contribution in [2.24, 2.45) is 0 Å². The fourth-order valence-corrected chi connectivity index (χ4v) is 3.35. The van der Waals surface area contributed by atoms with Gasteiger partial charge in [-0.25, -0.2) is 18.8 Å². The van der Waals surface area contributed by atoms with Gasteiger partial charge in [-0.15, -0.1) is 0 Å². The minimum Gasteiger partial charge on any atom is -0.286 e. The maximum Gasteiger partial charge on any atom is 0.435 e. The van der Waals surface area contributed by atoms with Gasteiger partial charge in [-0.3, -0.25) is 9.89 Å². The Balaban J connectivity index is 1.91. The van der Waals surface area contributed by atoms with Gasteiger partial charge in [0.25, 0.3) is 0 Å². The minimum atomic E-state index is -4.60. The Labute approximate surface area is 160 Å². The molecule has 0 bridgehead atoms. The number of rotatable bonds is 5. The van der Waals surface area contributed by atoms with Gasteiger partial charge in [0.2, 0.25) is 5.13 Å². The summed E-state index contributed by atoms with van der Waals surface area (Å²) in [4.78, 5) is 4.27. The number of alkyl halides is 3. The molecule has 0 atom stereocenters. The summed E-state index contributed by atoms with van der Waals surface area (Å²) in [7, 11) is 0. The predicted molar refractivity (Wildman–Crippen MR) is 93.0 cm³/mol. The van der Waals surface area contributed by atoms with Gasteiger partial charge in [0.1, 0.15) is 11.6 Å². The first kappa shape index (κ1) is 20.2. The standard InChI is InChI=1S/C17H15F5N4OS/c1-9(2)26-13(6-15(24-26)17(20,21)22)14-7-23-16(28-14)25(27)8-10-11(18)4-3-5-12(10)19/h3-7,9,27H,8H2,1-2H3. The van der Waals surface area contributed by atoms with Crippen molar-refractivity contribution in [1.82, 2.24) is 14.8 Å². The van der Waals surface area contributed by atoms with Crippen molar-refractivity contribution in [2.45, 2.75) is 32.6 Å². The number of aromatic nitrogens is 3. The van der Waals surface area contributed by atoms with Crippen LogP contribution >= 0.6 is 11.3 Å². The van der Waals surface area contributed by atoms with Crippen LogP contribution < -0.4 is 5.06 Å². The first-order valence-electron chi connectivity index (χ1n) is 8.10.